The normalized spacial score (nSPS) is 10.4. The zero-order chi connectivity index (χ0) is 17.9. The highest BCUT2D eigenvalue weighted by molar-refractivity contribution is 5.96. The molecule has 2 aromatic carbocycles. The van der Waals surface area contributed by atoms with E-state index in [0.29, 0.717) is 5.56 Å². The van der Waals surface area contributed by atoms with Crippen LogP contribution in [0.5, 0.6) is 0 Å². The van der Waals surface area contributed by atoms with Crippen LogP contribution in [0.15, 0.2) is 30.3 Å². The minimum Gasteiger partial charge on any atom is -0.452 e. The average molecular weight is 325 g/mol. The number of rotatable bonds is 4. The molecule has 24 heavy (non-hydrogen) atoms. The SMILES string of the molecule is Cc1cc(C)cc(C(=O)OCC(=O)Nc2c(C)cc(C)cc2C)c1. The summed E-state index contributed by atoms with van der Waals surface area (Å²) >= 11 is 0. The van der Waals surface area contributed by atoms with Gasteiger partial charge in [-0.1, -0.05) is 34.9 Å². The molecule has 0 aliphatic heterocycles. The number of nitrogens with one attached hydrogen (secondary N) is 1. The van der Waals surface area contributed by atoms with Crippen molar-refractivity contribution in [3.8, 4) is 0 Å². The van der Waals surface area contributed by atoms with Gasteiger partial charge in [0.1, 0.15) is 0 Å². The Balaban J connectivity index is 2.00. The first-order chi connectivity index (χ1) is 11.3. The lowest BCUT2D eigenvalue weighted by Gasteiger charge is -2.13. The highest BCUT2D eigenvalue weighted by atomic mass is 16.5. The van der Waals surface area contributed by atoms with Crippen LogP contribution in [0.4, 0.5) is 5.69 Å². The fraction of sp³-hybridized carbons (Fsp3) is 0.300. The predicted octanol–water partition coefficient (Wildman–Crippen LogP) is 4.02. The van der Waals surface area contributed by atoms with E-state index < -0.39 is 5.97 Å². The third-order valence-corrected chi connectivity index (χ3v) is 3.73. The summed E-state index contributed by atoms with van der Waals surface area (Å²) in [5, 5.41) is 2.82. The number of anilines is 1. The lowest BCUT2D eigenvalue weighted by Crippen LogP contribution is -2.22. The molecule has 0 aromatic heterocycles. The molecular formula is C20H23NO3. The van der Waals surface area contributed by atoms with Crippen LogP contribution in [-0.2, 0) is 9.53 Å². The van der Waals surface area contributed by atoms with E-state index in [9.17, 15) is 9.59 Å². The summed E-state index contributed by atoms with van der Waals surface area (Å²) < 4.78 is 5.12. The van der Waals surface area contributed by atoms with Crippen molar-refractivity contribution in [1.82, 2.24) is 0 Å². The minimum atomic E-state index is -0.491. The molecule has 0 fully saturated rings. The Morgan fingerprint density at radius 2 is 1.33 bits per heavy atom. The van der Waals surface area contributed by atoms with Crippen molar-refractivity contribution >= 4 is 17.6 Å². The number of carbonyl (C=O) groups is 2. The molecule has 4 heteroatoms. The summed E-state index contributed by atoms with van der Waals surface area (Å²) in [6.07, 6.45) is 0. The van der Waals surface area contributed by atoms with Crippen LogP contribution in [0, 0.1) is 34.6 Å². The van der Waals surface area contributed by atoms with Gasteiger partial charge in [0.15, 0.2) is 6.61 Å². The fourth-order valence-corrected chi connectivity index (χ4v) is 2.86. The third-order valence-electron chi connectivity index (χ3n) is 3.73. The first-order valence-corrected chi connectivity index (χ1v) is 7.89. The quantitative estimate of drug-likeness (QED) is 0.864. The molecule has 0 radical (unpaired) electrons. The molecule has 2 aromatic rings. The van der Waals surface area contributed by atoms with Crippen LogP contribution >= 0.6 is 0 Å². The van der Waals surface area contributed by atoms with Crippen LogP contribution in [0.3, 0.4) is 0 Å². The number of esters is 1. The molecule has 0 atom stereocenters. The van der Waals surface area contributed by atoms with Crippen molar-refractivity contribution in [3.05, 3.63) is 63.7 Å². The lowest BCUT2D eigenvalue weighted by molar-refractivity contribution is -0.119. The second kappa shape index (κ2) is 7.30. The monoisotopic (exact) mass is 325 g/mol. The molecule has 0 spiro atoms. The summed E-state index contributed by atoms with van der Waals surface area (Å²) in [5.41, 5.74) is 6.32. The van der Waals surface area contributed by atoms with Crippen molar-refractivity contribution in [2.75, 3.05) is 11.9 Å². The van der Waals surface area contributed by atoms with Gasteiger partial charge in [0.2, 0.25) is 0 Å². The van der Waals surface area contributed by atoms with Gasteiger partial charge >= 0.3 is 5.97 Å². The maximum atomic E-state index is 12.1. The van der Waals surface area contributed by atoms with Crippen molar-refractivity contribution in [1.29, 1.82) is 0 Å². The second-order valence-electron chi connectivity index (χ2n) is 6.27. The Kier molecular flexibility index (Phi) is 5.39. The van der Waals surface area contributed by atoms with Crippen molar-refractivity contribution in [2.24, 2.45) is 0 Å². The Hall–Kier alpha value is -2.62. The van der Waals surface area contributed by atoms with Crippen molar-refractivity contribution in [2.45, 2.75) is 34.6 Å². The second-order valence-corrected chi connectivity index (χ2v) is 6.27. The Bertz CT molecular complexity index is 750. The van der Waals surface area contributed by atoms with Gasteiger partial charge in [0.05, 0.1) is 5.56 Å². The molecule has 0 aliphatic rings. The molecule has 0 heterocycles. The van der Waals surface area contributed by atoms with Crippen molar-refractivity contribution in [3.63, 3.8) is 0 Å². The van der Waals surface area contributed by atoms with E-state index in [0.717, 1.165) is 33.5 Å². The summed E-state index contributed by atoms with van der Waals surface area (Å²) in [5.74, 6) is -0.836. The highest BCUT2D eigenvalue weighted by Gasteiger charge is 2.13. The molecule has 0 aliphatic carbocycles. The van der Waals surface area contributed by atoms with Gasteiger partial charge < -0.3 is 10.1 Å². The largest absolute Gasteiger partial charge is 0.452 e. The van der Waals surface area contributed by atoms with E-state index in [-0.39, 0.29) is 12.5 Å². The van der Waals surface area contributed by atoms with Crippen LogP contribution in [-0.4, -0.2) is 18.5 Å². The topological polar surface area (TPSA) is 55.4 Å². The van der Waals surface area contributed by atoms with E-state index >= 15 is 0 Å². The number of hydrogen-bond donors (Lipinski definition) is 1. The summed E-state index contributed by atoms with van der Waals surface area (Å²) in [6.45, 7) is 9.42. The van der Waals surface area contributed by atoms with Gasteiger partial charge in [-0.05, 0) is 57.9 Å². The maximum Gasteiger partial charge on any atom is 0.338 e. The summed E-state index contributed by atoms with van der Waals surface area (Å²) in [4.78, 5) is 24.2. The molecule has 0 saturated carbocycles. The Morgan fingerprint density at radius 3 is 1.88 bits per heavy atom. The Labute approximate surface area is 142 Å². The third kappa shape index (κ3) is 4.44. The minimum absolute atomic E-state index is 0.307. The van der Waals surface area contributed by atoms with Crippen LogP contribution in [0.25, 0.3) is 0 Å². The van der Waals surface area contributed by atoms with Gasteiger partial charge in [-0.15, -0.1) is 0 Å². The van der Waals surface area contributed by atoms with Gasteiger partial charge in [0, 0.05) is 5.69 Å². The predicted molar refractivity (Wildman–Crippen MR) is 95.5 cm³/mol. The molecule has 2 rings (SSSR count). The molecule has 0 bridgehead atoms. The van der Waals surface area contributed by atoms with Gasteiger partial charge in [0.25, 0.3) is 5.91 Å². The number of benzene rings is 2. The Morgan fingerprint density at radius 1 is 0.833 bits per heavy atom. The number of ether oxygens (including phenoxy) is 1. The fourth-order valence-electron chi connectivity index (χ4n) is 2.86. The average Bonchev–Trinajstić information content (AvgIpc) is 2.47. The lowest BCUT2D eigenvalue weighted by atomic mass is 10.1. The number of amides is 1. The zero-order valence-corrected chi connectivity index (χ0v) is 14.8. The molecule has 1 amide bonds. The zero-order valence-electron chi connectivity index (χ0n) is 14.8. The highest BCUT2D eigenvalue weighted by Crippen LogP contribution is 2.21. The van der Waals surface area contributed by atoms with Crippen molar-refractivity contribution < 1.29 is 14.3 Å². The van der Waals surface area contributed by atoms with Gasteiger partial charge in [-0.25, -0.2) is 4.79 Å². The number of carbonyl (C=O) groups excluding carboxylic acids is 2. The molecule has 126 valence electrons. The first-order valence-electron chi connectivity index (χ1n) is 7.89. The van der Waals surface area contributed by atoms with Crippen LogP contribution < -0.4 is 5.32 Å². The molecule has 0 unspecified atom stereocenters. The van der Waals surface area contributed by atoms with E-state index in [1.54, 1.807) is 12.1 Å². The molecule has 0 saturated heterocycles. The van der Waals surface area contributed by atoms with E-state index in [1.165, 1.54) is 0 Å². The van der Waals surface area contributed by atoms with E-state index in [1.807, 2.05) is 52.8 Å². The molecule has 4 nitrogen and oxygen atoms in total. The maximum absolute atomic E-state index is 12.1. The van der Waals surface area contributed by atoms with Crippen LogP contribution in [0.2, 0.25) is 0 Å². The number of aryl methyl sites for hydroxylation is 5. The number of hydrogen-bond acceptors (Lipinski definition) is 3. The first kappa shape index (κ1) is 17.7. The summed E-state index contributed by atoms with van der Waals surface area (Å²) in [6, 6.07) is 9.49. The van der Waals surface area contributed by atoms with E-state index in [4.69, 9.17) is 4.74 Å². The van der Waals surface area contributed by atoms with Gasteiger partial charge in [-0.2, -0.15) is 0 Å². The van der Waals surface area contributed by atoms with E-state index in [2.05, 4.69) is 5.32 Å². The molecule has 1 N–H and O–H groups in total. The summed E-state index contributed by atoms with van der Waals surface area (Å²) in [7, 11) is 0. The van der Waals surface area contributed by atoms with Crippen LogP contribution in [0.1, 0.15) is 38.2 Å². The van der Waals surface area contributed by atoms with Gasteiger partial charge in [-0.3, -0.25) is 4.79 Å². The smallest absolute Gasteiger partial charge is 0.338 e. The molecular weight excluding hydrogens is 302 g/mol. The standard InChI is InChI=1S/C20H23NO3/c1-12-6-13(2)10-17(9-12)20(23)24-11-18(22)21-19-15(4)7-14(3)8-16(19)5/h6-10H,11H2,1-5H3,(H,21,22).